The van der Waals surface area contributed by atoms with Crippen LogP contribution in [0.1, 0.15) is 106 Å². The van der Waals surface area contributed by atoms with Crippen LogP contribution in [0.25, 0.3) is 0 Å². The van der Waals surface area contributed by atoms with E-state index in [4.69, 9.17) is 28.4 Å². The number of hydrogen-bond donors (Lipinski definition) is 3. The van der Waals surface area contributed by atoms with E-state index in [1.165, 1.54) is 26.0 Å². The minimum Gasteiger partial charge on any atom is -0.455 e. The average molecular weight is 1020 g/mol. The third-order valence-corrected chi connectivity index (χ3v) is 15.0. The number of halogens is 1. The number of fused-ring (bicyclic) bond motifs is 5. The van der Waals surface area contributed by atoms with Crippen LogP contribution < -0.4 is 5.32 Å². The second kappa shape index (κ2) is 20.3. The number of ether oxygens (including phenoxy) is 6. The van der Waals surface area contributed by atoms with E-state index in [0.717, 1.165) is 13.8 Å². The normalized spacial score (nSPS) is 29.7. The fourth-order valence-electron chi connectivity index (χ4n) is 10.8. The van der Waals surface area contributed by atoms with Crippen LogP contribution in [-0.2, 0) is 52.4 Å². The van der Waals surface area contributed by atoms with Gasteiger partial charge in [-0.1, -0.05) is 96.5 Å². The second-order valence-corrected chi connectivity index (χ2v) is 19.8. The summed E-state index contributed by atoms with van der Waals surface area (Å²) in [7, 11) is 0. The van der Waals surface area contributed by atoms with Crippen molar-refractivity contribution in [3.8, 4) is 0 Å². The van der Waals surface area contributed by atoms with Gasteiger partial charge in [-0.15, -0.1) is 0 Å². The number of hydrogen-bond acceptors (Lipinski definition) is 15. The van der Waals surface area contributed by atoms with Crippen LogP contribution >= 0.6 is 15.9 Å². The van der Waals surface area contributed by atoms with Gasteiger partial charge in [-0.3, -0.25) is 24.0 Å². The summed E-state index contributed by atoms with van der Waals surface area (Å²) in [6.07, 6.45) is -9.61. The van der Waals surface area contributed by atoms with Gasteiger partial charge in [0.1, 0.15) is 30.0 Å². The Kier molecular flexibility index (Phi) is 15.0. The quantitative estimate of drug-likeness (QED) is 0.0534. The van der Waals surface area contributed by atoms with Crippen LogP contribution in [-0.4, -0.2) is 112 Å². The Morgan fingerprint density at radius 1 is 0.841 bits per heavy atom. The molecule has 0 spiro atoms. The predicted molar refractivity (Wildman–Crippen MR) is 249 cm³/mol. The zero-order valence-corrected chi connectivity index (χ0v) is 40.9. The molecule has 17 heteroatoms. The summed E-state index contributed by atoms with van der Waals surface area (Å²) in [6, 6.07) is 23.1. The van der Waals surface area contributed by atoms with Gasteiger partial charge in [0.15, 0.2) is 17.5 Å². The number of amides is 1. The first-order valence-electron chi connectivity index (χ1n) is 23.0. The van der Waals surface area contributed by atoms with E-state index in [1.54, 1.807) is 92.7 Å². The highest BCUT2D eigenvalue weighted by molar-refractivity contribution is 9.09. The molecule has 1 saturated heterocycles. The van der Waals surface area contributed by atoms with Crippen LogP contribution in [0, 0.1) is 16.7 Å². The van der Waals surface area contributed by atoms with Gasteiger partial charge in [-0.25, -0.2) is 9.59 Å². The number of nitrogens with one attached hydrogen (secondary N) is 1. The lowest BCUT2D eigenvalue weighted by atomic mass is 9.44. The van der Waals surface area contributed by atoms with Crippen LogP contribution in [0.5, 0.6) is 0 Å². The standard InChI is InChI=1S/C52H58BrNO15/c1-29-35(66-48(62)42(67-38(58)24-16-17-25-53)40(32-18-10-7-11-19-32)54-46(60)33-20-12-8-13-21-33)27-52(63)45(68-47(61)34-22-14-9-15-23-34)43-50(6,36(57)26-37-51(43,28-64-37)69-31(3)56)44(59)41(65-30(2)55)39(29)49(52,4)5/h7-15,18-23,35-37,40-43,45,57,63H,16-17,24-28H2,1-6H3,(H,54,60)/t35-,36-,37+,40-,41+,42+,43-,45-,50+,51-,52+/m1/s1. The van der Waals surface area contributed by atoms with Crippen molar-refractivity contribution in [3.05, 3.63) is 119 Å². The van der Waals surface area contributed by atoms with Crippen molar-refractivity contribution in [1.29, 1.82) is 0 Å². The van der Waals surface area contributed by atoms with Gasteiger partial charge in [-0.2, -0.15) is 0 Å². The number of ketones is 1. The van der Waals surface area contributed by atoms with Crippen molar-refractivity contribution < 1.29 is 72.2 Å². The molecule has 0 aromatic heterocycles. The summed E-state index contributed by atoms with van der Waals surface area (Å²) in [5.41, 5.74) is -7.21. The summed E-state index contributed by atoms with van der Waals surface area (Å²) in [5.74, 6) is -7.63. The number of aliphatic hydroxyl groups is 2. The number of unbranched alkanes of at least 4 members (excludes halogenated alkanes) is 1. The molecule has 0 unspecified atom stereocenters. The van der Waals surface area contributed by atoms with Gasteiger partial charge in [-0.05, 0) is 67.7 Å². The van der Waals surface area contributed by atoms with Crippen molar-refractivity contribution in [2.45, 2.75) is 128 Å². The first-order valence-corrected chi connectivity index (χ1v) is 24.1. The van der Waals surface area contributed by atoms with Crippen LogP contribution in [0.15, 0.2) is 102 Å². The van der Waals surface area contributed by atoms with Gasteiger partial charge in [0.2, 0.25) is 6.10 Å². The Labute approximate surface area is 408 Å². The minimum absolute atomic E-state index is 0.0179. The number of rotatable bonds is 15. The summed E-state index contributed by atoms with van der Waals surface area (Å²) >= 11 is 3.36. The van der Waals surface area contributed by atoms with Crippen molar-refractivity contribution in [3.63, 3.8) is 0 Å². The zero-order chi connectivity index (χ0) is 50.1. The molecule has 0 radical (unpaired) electrons. The third-order valence-electron chi connectivity index (χ3n) is 14.5. The largest absolute Gasteiger partial charge is 0.455 e. The van der Waals surface area contributed by atoms with Gasteiger partial charge in [0.25, 0.3) is 5.91 Å². The van der Waals surface area contributed by atoms with E-state index in [-0.39, 0.29) is 41.7 Å². The van der Waals surface area contributed by atoms with E-state index in [0.29, 0.717) is 23.7 Å². The molecule has 3 aromatic carbocycles. The van der Waals surface area contributed by atoms with Crippen molar-refractivity contribution in [1.82, 2.24) is 5.32 Å². The van der Waals surface area contributed by atoms with Crippen molar-refractivity contribution in [2.24, 2.45) is 16.7 Å². The van der Waals surface area contributed by atoms with E-state index < -0.39 is 119 Å². The third kappa shape index (κ3) is 9.50. The molecule has 1 aliphatic heterocycles. The second-order valence-electron chi connectivity index (χ2n) is 19.0. The highest BCUT2D eigenvalue weighted by Gasteiger charge is 2.78. The molecule has 1 heterocycles. The average Bonchev–Trinajstić information content (AvgIpc) is 3.31. The number of Topliss-reactive ketones (excluding diaryl/α,β-unsaturated/α-hetero) is 1. The van der Waals surface area contributed by atoms with Crippen LogP contribution in [0.4, 0.5) is 0 Å². The summed E-state index contributed by atoms with van der Waals surface area (Å²) < 4.78 is 36.8. The molecule has 7 rings (SSSR count). The first-order chi connectivity index (χ1) is 32.7. The summed E-state index contributed by atoms with van der Waals surface area (Å²) in [6.45, 7) is 7.97. The smallest absolute Gasteiger partial charge is 0.350 e. The number of carbonyl (C=O) groups excluding carboxylic acids is 7. The van der Waals surface area contributed by atoms with Crippen LogP contribution in [0.3, 0.4) is 0 Å². The molecular formula is C52H58BrNO15. The lowest BCUT2D eigenvalue weighted by Crippen LogP contribution is -2.82. The molecule has 11 atom stereocenters. The Hall–Kier alpha value is -5.75. The lowest BCUT2D eigenvalue weighted by molar-refractivity contribution is -0.346. The van der Waals surface area contributed by atoms with Crippen molar-refractivity contribution >= 4 is 57.5 Å². The SMILES string of the molecule is CC(=O)O[C@@H]1C(=O)[C@@]2(C)[C@H](O)C[C@@H]3OC[C@]3(OC(C)=O)[C@@H]2[C@@H](OC(=O)c2ccccc2)[C@@]2(O)C[C@@H](OC(=O)[C@@H](OC(=O)CCCCBr)[C@H](NC(=O)c3ccccc3)c3ccccc3)C(C)=C1C2(C)C. The first kappa shape index (κ1) is 51.1. The Morgan fingerprint density at radius 3 is 2.01 bits per heavy atom. The fraction of sp³-hybridized carbons (Fsp3) is 0.481. The Balaban J connectivity index is 1.42. The molecule has 3 aliphatic carbocycles. The zero-order valence-electron chi connectivity index (χ0n) is 39.3. The van der Waals surface area contributed by atoms with Gasteiger partial charge < -0.3 is 44.0 Å². The molecule has 3 fully saturated rings. The fourth-order valence-corrected chi connectivity index (χ4v) is 11.2. The number of carbonyl (C=O) groups is 7. The maximum atomic E-state index is 15.7. The molecule has 3 aromatic rings. The van der Waals surface area contributed by atoms with E-state index >= 15 is 9.59 Å². The number of aliphatic hydroxyl groups excluding tert-OH is 1. The summed E-state index contributed by atoms with van der Waals surface area (Å²) in [5, 5.41) is 29.6. The number of benzene rings is 3. The maximum absolute atomic E-state index is 15.7. The molecule has 2 bridgehead atoms. The van der Waals surface area contributed by atoms with E-state index in [9.17, 15) is 34.2 Å². The molecule has 368 valence electrons. The molecular weight excluding hydrogens is 958 g/mol. The molecule has 69 heavy (non-hydrogen) atoms. The lowest BCUT2D eigenvalue weighted by Gasteiger charge is -2.67. The maximum Gasteiger partial charge on any atom is 0.350 e. The van der Waals surface area contributed by atoms with Gasteiger partial charge in [0.05, 0.1) is 29.6 Å². The highest BCUT2D eigenvalue weighted by Crippen LogP contribution is 2.64. The van der Waals surface area contributed by atoms with Crippen molar-refractivity contribution in [2.75, 3.05) is 11.9 Å². The molecule has 3 N–H and O–H groups in total. The molecule has 1 amide bonds. The van der Waals surface area contributed by atoms with Crippen LogP contribution in [0.2, 0.25) is 0 Å². The van der Waals surface area contributed by atoms with Gasteiger partial charge >= 0.3 is 29.8 Å². The topological polar surface area (TPSA) is 227 Å². The Morgan fingerprint density at radius 2 is 1.45 bits per heavy atom. The molecule has 16 nitrogen and oxygen atoms in total. The summed E-state index contributed by atoms with van der Waals surface area (Å²) in [4.78, 5) is 99.1. The number of alkyl halides is 1. The molecule has 4 aliphatic rings. The molecule has 2 saturated carbocycles. The monoisotopic (exact) mass is 1020 g/mol. The highest BCUT2D eigenvalue weighted by atomic mass is 79.9. The minimum atomic E-state index is -2.44. The number of esters is 5. The Bertz CT molecular complexity index is 2480. The van der Waals surface area contributed by atoms with Gasteiger partial charge in [0, 0.05) is 49.4 Å². The predicted octanol–water partition coefficient (Wildman–Crippen LogP) is 5.85. The van der Waals surface area contributed by atoms with E-state index in [1.807, 2.05) is 0 Å². The van der Waals surface area contributed by atoms with E-state index in [2.05, 4.69) is 21.2 Å².